The predicted octanol–water partition coefficient (Wildman–Crippen LogP) is 5.11. The molecule has 0 amide bonds. The van der Waals surface area contributed by atoms with Crippen molar-refractivity contribution in [2.24, 2.45) is 0 Å². The molecule has 0 spiro atoms. The first-order chi connectivity index (χ1) is 11.3. The molecule has 1 atom stereocenters. The van der Waals surface area contributed by atoms with E-state index in [0.29, 0.717) is 6.42 Å². The van der Waals surface area contributed by atoms with Gasteiger partial charge >= 0.3 is 0 Å². The lowest BCUT2D eigenvalue weighted by Crippen LogP contribution is -2.31. The zero-order chi connectivity index (χ0) is 16.1. The van der Waals surface area contributed by atoms with Crippen molar-refractivity contribution in [3.05, 3.63) is 83.7 Å². The second-order valence-corrected chi connectivity index (χ2v) is 5.99. The third-order valence-electron chi connectivity index (χ3n) is 3.87. The molecule has 2 aromatic rings. The van der Waals surface area contributed by atoms with Crippen molar-refractivity contribution in [2.45, 2.75) is 12.0 Å². The van der Waals surface area contributed by atoms with Gasteiger partial charge < -0.3 is 9.47 Å². The first-order valence-corrected chi connectivity index (χ1v) is 8.18. The zero-order valence-electron chi connectivity index (χ0n) is 12.8. The smallest absolute Gasteiger partial charge is 0.191 e. The monoisotopic (exact) mass is 324 g/mol. The number of ether oxygens (including phenoxy) is 2. The second kappa shape index (κ2) is 6.80. The number of benzene rings is 2. The van der Waals surface area contributed by atoms with Crippen molar-refractivity contribution in [1.82, 2.24) is 0 Å². The number of para-hydroxylation sites is 1. The summed E-state index contributed by atoms with van der Waals surface area (Å²) >= 11 is 0. The van der Waals surface area contributed by atoms with Gasteiger partial charge in [-0.1, -0.05) is 36.4 Å². The fourth-order valence-electron chi connectivity index (χ4n) is 2.60. The SMILES string of the molecule is COc1ccc(C2(Oc3ccccc3)C=CC(P=O)=CC2)cc1. The van der Waals surface area contributed by atoms with Gasteiger partial charge in [0.05, 0.1) is 7.11 Å². The van der Waals surface area contributed by atoms with Crippen LogP contribution in [0.2, 0.25) is 0 Å². The van der Waals surface area contributed by atoms with Gasteiger partial charge in [0.25, 0.3) is 0 Å². The Bertz CT molecular complexity index is 735. The number of hydrogen-bond acceptors (Lipinski definition) is 3. The molecule has 3 rings (SSSR count). The highest BCUT2D eigenvalue weighted by Crippen LogP contribution is 2.38. The van der Waals surface area contributed by atoms with Crippen LogP contribution >= 0.6 is 8.46 Å². The van der Waals surface area contributed by atoms with Crippen molar-refractivity contribution in [3.63, 3.8) is 0 Å². The van der Waals surface area contributed by atoms with Gasteiger partial charge in [0.2, 0.25) is 0 Å². The average Bonchev–Trinajstić information content (AvgIpc) is 2.63. The standard InChI is InChI=1S/C19H17O3P/c1-21-16-9-7-15(8-10-16)19(13-11-18(23-20)12-14-19)22-17-5-3-2-4-6-17/h2-13H,14H2,1H3. The molecular weight excluding hydrogens is 307 g/mol. The van der Waals surface area contributed by atoms with Gasteiger partial charge in [-0.25, -0.2) is 0 Å². The molecule has 0 N–H and O–H groups in total. The number of hydrogen-bond donors (Lipinski definition) is 0. The first kappa shape index (κ1) is 15.5. The average molecular weight is 324 g/mol. The molecule has 0 radical (unpaired) electrons. The molecule has 0 aliphatic heterocycles. The molecule has 0 saturated heterocycles. The van der Waals surface area contributed by atoms with E-state index in [1.807, 2.05) is 72.8 Å². The molecule has 4 heteroatoms. The van der Waals surface area contributed by atoms with E-state index in [-0.39, 0.29) is 8.46 Å². The zero-order valence-corrected chi connectivity index (χ0v) is 13.7. The summed E-state index contributed by atoms with van der Waals surface area (Å²) in [6, 6.07) is 17.6. The van der Waals surface area contributed by atoms with Crippen molar-refractivity contribution in [2.75, 3.05) is 7.11 Å². The maximum Gasteiger partial charge on any atom is 0.191 e. The van der Waals surface area contributed by atoms with Crippen LogP contribution in [0, 0.1) is 0 Å². The molecule has 1 unspecified atom stereocenters. The lowest BCUT2D eigenvalue weighted by molar-refractivity contribution is 0.121. The molecule has 0 bridgehead atoms. The van der Waals surface area contributed by atoms with E-state index in [1.54, 1.807) is 7.11 Å². The summed E-state index contributed by atoms with van der Waals surface area (Å²) in [5.74, 6) is 1.60. The minimum Gasteiger partial charge on any atom is -0.497 e. The molecule has 0 aromatic heterocycles. The van der Waals surface area contributed by atoms with Crippen LogP contribution in [0.3, 0.4) is 0 Å². The van der Waals surface area contributed by atoms with Gasteiger partial charge in [-0.2, -0.15) is 0 Å². The number of rotatable bonds is 5. The summed E-state index contributed by atoms with van der Waals surface area (Å²) in [4.78, 5) is 0. The van der Waals surface area contributed by atoms with E-state index in [1.165, 1.54) is 0 Å². The van der Waals surface area contributed by atoms with Gasteiger partial charge in [0.15, 0.2) is 14.1 Å². The minimum atomic E-state index is -0.609. The molecule has 23 heavy (non-hydrogen) atoms. The normalized spacial score (nSPS) is 20.1. The minimum absolute atomic E-state index is 0.0291. The predicted molar refractivity (Wildman–Crippen MR) is 91.2 cm³/mol. The van der Waals surface area contributed by atoms with Crippen LogP contribution < -0.4 is 9.47 Å². The Morgan fingerprint density at radius 1 is 1.00 bits per heavy atom. The fraction of sp³-hybridized carbons (Fsp3) is 0.158. The molecule has 0 saturated carbocycles. The highest BCUT2D eigenvalue weighted by Gasteiger charge is 2.33. The van der Waals surface area contributed by atoms with Gasteiger partial charge in [-0.05, 0) is 42.0 Å². The van der Waals surface area contributed by atoms with Crippen LogP contribution in [0.5, 0.6) is 11.5 Å². The Labute approximate surface area is 137 Å². The topological polar surface area (TPSA) is 35.5 Å². The third kappa shape index (κ3) is 3.35. The van der Waals surface area contributed by atoms with E-state index in [2.05, 4.69) is 0 Å². The van der Waals surface area contributed by atoms with Crippen LogP contribution in [0.15, 0.2) is 78.1 Å². The van der Waals surface area contributed by atoms with E-state index in [0.717, 1.165) is 22.4 Å². The maximum absolute atomic E-state index is 11.1. The second-order valence-electron chi connectivity index (χ2n) is 5.29. The largest absolute Gasteiger partial charge is 0.497 e. The fourth-order valence-corrected chi connectivity index (χ4v) is 2.90. The highest BCUT2D eigenvalue weighted by atomic mass is 31.1. The number of methoxy groups -OCH3 is 1. The molecule has 116 valence electrons. The number of allylic oxidation sites excluding steroid dienone is 2. The van der Waals surface area contributed by atoms with E-state index < -0.39 is 5.60 Å². The quantitative estimate of drug-likeness (QED) is 0.717. The molecule has 1 aliphatic rings. The Balaban J connectivity index is 1.98. The molecule has 0 fully saturated rings. The van der Waals surface area contributed by atoms with Crippen LogP contribution in [-0.4, -0.2) is 7.11 Å². The van der Waals surface area contributed by atoms with Crippen molar-refractivity contribution < 1.29 is 14.0 Å². The summed E-state index contributed by atoms with van der Waals surface area (Å²) in [6.45, 7) is 0. The maximum atomic E-state index is 11.1. The molecule has 1 aliphatic carbocycles. The van der Waals surface area contributed by atoms with Gasteiger partial charge in [0, 0.05) is 11.7 Å². The summed E-state index contributed by atoms with van der Waals surface area (Å²) in [5.41, 5.74) is 0.415. The van der Waals surface area contributed by atoms with Gasteiger partial charge in [0.1, 0.15) is 11.5 Å². The van der Waals surface area contributed by atoms with Gasteiger partial charge in [-0.3, -0.25) is 4.57 Å². The summed E-state index contributed by atoms with van der Waals surface area (Å²) < 4.78 is 22.6. The summed E-state index contributed by atoms with van der Waals surface area (Å²) in [5, 5.41) is 0.769. The van der Waals surface area contributed by atoms with Gasteiger partial charge in [-0.15, -0.1) is 0 Å². The van der Waals surface area contributed by atoms with Crippen LogP contribution in [0.25, 0.3) is 0 Å². The van der Waals surface area contributed by atoms with Crippen molar-refractivity contribution in [3.8, 4) is 11.5 Å². The lowest BCUT2D eigenvalue weighted by Gasteiger charge is -2.33. The molecule has 2 aromatic carbocycles. The summed E-state index contributed by atoms with van der Waals surface area (Å²) in [7, 11) is 1.68. The van der Waals surface area contributed by atoms with E-state index in [9.17, 15) is 4.57 Å². The van der Waals surface area contributed by atoms with Crippen LogP contribution in [-0.2, 0) is 10.2 Å². The Kier molecular flexibility index (Phi) is 4.59. The molecule has 0 heterocycles. The van der Waals surface area contributed by atoms with E-state index >= 15 is 0 Å². The van der Waals surface area contributed by atoms with Crippen LogP contribution in [0.1, 0.15) is 12.0 Å². The van der Waals surface area contributed by atoms with Crippen LogP contribution in [0.4, 0.5) is 0 Å². The lowest BCUT2D eigenvalue weighted by atomic mass is 9.87. The summed E-state index contributed by atoms with van der Waals surface area (Å²) in [6.07, 6.45) is 6.39. The van der Waals surface area contributed by atoms with Crippen molar-refractivity contribution in [1.29, 1.82) is 0 Å². The third-order valence-corrected chi connectivity index (χ3v) is 4.41. The Morgan fingerprint density at radius 2 is 1.74 bits per heavy atom. The first-order valence-electron chi connectivity index (χ1n) is 7.37. The highest BCUT2D eigenvalue weighted by molar-refractivity contribution is 7.29. The Hall–Kier alpha value is -2.38. The molecular formula is C19H17O3P. The Morgan fingerprint density at radius 3 is 2.30 bits per heavy atom. The van der Waals surface area contributed by atoms with Crippen molar-refractivity contribution >= 4 is 8.46 Å². The molecule has 3 nitrogen and oxygen atoms in total. The van der Waals surface area contributed by atoms with E-state index in [4.69, 9.17) is 9.47 Å².